The standard InChI is InChI=1S/C23H31N3O4S/c1-16(2)26-31(28,29)22-14-18(8-13-21(22)30-3)23(27)25-20-11-9-19(10-12-20)24-15-17-6-4-5-7-17/h8-14,16-17,24,26H,4-7,15H2,1-3H3,(H,25,27). The summed E-state index contributed by atoms with van der Waals surface area (Å²) >= 11 is 0. The molecule has 1 amide bonds. The number of carbonyl (C=O) groups excluding carboxylic acids is 1. The van der Waals surface area contributed by atoms with E-state index in [2.05, 4.69) is 15.4 Å². The lowest BCUT2D eigenvalue weighted by Crippen LogP contribution is -2.30. The summed E-state index contributed by atoms with van der Waals surface area (Å²) in [6, 6.07) is 11.6. The van der Waals surface area contributed by atoms with E-state index in [4.69, 9.17) is 4.74 Å². The number of sulfonamides is 1. The first-order chi connectivity index (χ1) is 14.8. The van der Waals surface area contributed by atoms with Gasteiger partial charge in [-0.3, -0.25) is 4.79 Å². The molecule has 168 valence electrons. The van der Waals surface area contributed by atoms with Crippen molar-refractivity contribution < 1.29 is 17.9 Å². The Hall–Kier alpha value is -2.58. The third kappa shape index (κ3) is 6.21. The van der Waals surface area contributed by atoms with Crippen LogP contribution in [0.5, 0.6) is 5.75 Å². The molecule has 0 atom stereocenters. The summed E-state index contributed by atoms with van der Waals surface area (Å²) in [7, 11) is -2.42. The Morgan fingerprint density at radius 2 is 1.71 bits per heavy atom. The minimum atomic E-state index is -3.81. The van der Waals surface area contributed by atoms with Gasteiger partial charge in [0, 0.05) is 29.5 Å². The van der Waals surface area contributed by atoms with Crippen LogP contribution < -0.4 is 20.1 Å². The summed E-state index contributed by atoms with van der Waals surface area (Å²) in [6.45, 7) is 4.43. The van der Waals surface area contributed by atoms with Crippen molar-refractivity contribution >= 4 is 27.3 Å². The summed E-state index contributed by atoms with van der Waals surface area (Å²) in [4.78, 5) is 12.7. The van der Waals surface area contributed by atoms with Crippen LogP contribution in [0, 0.1) is 5.92 Å². The first-order valence-electron chi connectivity index (χ1n) is 10.6. The molecule has 2 aromatic carbocycles. The second kappa shape index (κ2) is 10.2. The van der Waals surface area contributed by atoms with Crippen LogP contribution in [0.1, 0.15) is 49.9 Å². The predicted octanol–water partition coefficient (Wildman–Crippen LogP) is 4.24. The van der Waals surface area contributed by atoms with Crippen LogP contribution in [0.25, 0.3) is 0 Å². The molecule has 8 heteroatoms. The zero-order valence-corrected chi connectivity index (χ0v) is 19.1. The molecule has 0 saturated heterocycles. The fourth-order valence-corrected chi connectivity index (χ4v) is 5.20. The third-order valence-corrected chi connectivity index (χ3v) is 7.00. The number of benzene rings is 2. The van der Waals surface area contributed by atoms with E-state index in [-0.39, 0.29) is 22.3 Å². The van der Waals surface area contributed by atoms with Crippen molar-refractivity contribution in [2.24, 2.45) is 5.92 Å². The zero-order valence-electron chi connectivity index (χ0n) is 18.3. The van der Waals surface area contributed by atoms with Gasteiger partial charge in [-0.05, 0) is 75.1 Å². The predicted molar refractivity (Wildman–Crippen MR) is 123 cm³/mol. The van der Waals surface area contributed by atoms with Gasteiger partial charge in [0.25, 0.3) is 5.91 Å². The Labute approximate surface area is 184 Å². The topological polar surface area (TPSA) is 96.5 Å². The molecule has 2 aromatic rings. The second-order valence-corrected chi connectivity index (χ2v) is 9.89. The molecule has 1 aliphatic carbocycles. The average molecular weight is 446 g/mol. The number of carbonyl (C=O) groups is 1. The Morgan fingerprint density at radius 3 is 2.32 bits per heavy atom. The number of hydrogen-bond donors (Lipinski definition) is 3. The van der Waals surface area contributed by atoms with Crippen LogP contribution in [-0.4, -0.2) is 34.0 Å². The van der Waals surface area contributed by atoms with Crippen LogP contribution in [0.2, 0.25) is 0 Å². The second-order valence-electron chi connectivity index (χ2n) is 8.20. The molecule has 0 heterocycles. The SMILES string of the molecule is COc1ccc(C(=O)Nc2ccc(NCC3CCCC3)cc2)cc1S(=O)(=O)NC(C)C. The summed E-state index contributed by atoms with van der Waals surface area (Å²) in [6.07, 6.45) is 5.21. The number of ether oxygens (including phenoxy) is 1. The zero-order chi connectivity index (χ0) is 22.4. The third-order valence-electron chi connectivity index (χ3n) is 5.32. The van der Waals surface area contributed by atoms with E-state index in [0.717, 1.165) is 18.2 Å². The maximum Gasteiger partial charge on any atom is 0.255 e. The van der Waals surface area contributed by atoms with E-state index in [1.54, 1.807) is 19.9 Å². The monoisotopic (exact) mass is 445 g/mol. The molecule has 0 bridgehead atoms. The molecule has 0 aromatic heterocycles. The van der Waals surface area contributed by atoms with Crippen molar-refractivity contribution in [3.05, 3.63) is 48.0 Å². The minimum absolute atomic E-state index is 0.0668. The molecule has 31 heavy (non-hydrogen) atoms. The fourth-order valence-electron chi connectivity index (χ4n) is 3.75. The van der Waals surface area contributed by atoms with E-state index in [1.165, 1.54) is 44.9 Å². The van der Waals surface area contributed by atoms with Crippen molar-refractivity contribution in [3.8, 4) is 5.75 Å². The highest BCUT2D eigenvalue weighted by atomic mass is 32.2. The summed E-state index contributed by atoms with van der Waals surface area (Å²) in [5.41, 5.74) is 1.88. The number of methoxy groups -OCH3 is 1. The van der Waals surface area contributed by atoms with Crippen LogP contribution >= 0.6 is 0 Å². The summed E-state index contributed by atoms with van der Waals surface area (Å²) in [5, 5.41) is 6.27. The van der Waals surface area contributed by atoms with Gasteiger partial charge in [0.2, 0.25) is 10.0 Å². The van der Waals surface area contributed by atoms with E-state index in [1.807, 2.05) is 24.3 Å². The molecule has 1 saturated carbocycles. The van der Waals surface area contributed by atoms with Gasteiger partial charge >= 0.3 is 0 Å². The molecule has 0 aliphatic heterocycles. The normalized spacial score (nSPS) is 14.6. The molecular weight excluding hydrogens is 414 g/mol. The van der Waals surface area contributed by atoms with Crippen molar-refractivity contribution in [2.45, 2.75) is 50.5 Å². The van der Waals surface area contributed by atoms with Crippen molar-refractivity contribution in [3.63, 3.8) is 0 Å². The van der Waals surface area contributed by atoms with Crippen LogP contribution in [0.15, 0.2) is 47.4 Å². The van der Waals surface area contributed by atoms with Crippen LogP contribution in [0.4, 0.5) is 11.4 Å². The molecule has 1 fully saturated rings. The Morgan fingerprint density at radius 1 is 1.06 bits per heavy atom. The molecule has 1 aliphatic rings. The quantitative estimate of drug-likeness (QED) is 0.537. The van der Waals surface area contributed by atoms with Gasteiger partial charge in [0.1, 0.15) is 10.6 Å². The van der Waals surface area contributed by atoms with Crippen molar-refractivity contribution in [2.75, 3.05) is 24.3 Å². The lowest BCUT2D eigenvalue weighted by Gasteiger charge is -2.14. The molecule has 7 nitrogen and oxygen atoms in total. The van der Waals surface area contributed by atoms with Gasteiger partial charge in [0.15, 0.2) is 0 Å². The van der Waals surface area contributed by atoms with Crippen LogP contribution in [-0.2, 0) is 10.0 Å². The molecule has 0 spiro atoms. The molecule has 3 N–H and O–H groups in total. The van der Waals surface area contributed by atoms with Gasteiger partial charge in [-0.1, -0.05) is 12.8 Å². The number of rotatable bonds is 9. The maximum atomic E-state index is 12.7. The lowest BCUT2D eigenvalue weighted by molar-refractivity contribution is 0.102. The largest absolute Gasteiger partial charge is 0.495 e. The first-order valence-corrected chi connectivity index (χ1v) is 12.1. The summed E-state index contributed by atoms with van der Waals surface area (Å²) in [5.74, 6) is 0.530. The fraction of sp³-hybridized carbons (Fsp3) is 0.435. The maximum absolute atomic E-state index is 12.7. The molecular formula is C23H31N3O4S. The molecule has 3 rings (SSSR count). The number of hydrogen-bond acceptors (Lipinski definition) is 5. The van der Waals surface area contributed by atoms with Gasteiger partial charge in [0.05, 0.1) is 7.11 Å². The Balaban J connectivity index is 1.69. The average Bonchev–Trinajstić information content (AvgIpc) is 3.25. The van der Waals surface area contributed by atoms with E-state index in [0.29, 0.717) is 5.69 Å². The van der Waals surface area contributed by atoms with Crippen molar-refractivity contribution in [1.29, 1.82) is 0 Å². The first kappa shape index (κ1) is 23.1. The van der Waals surface area contributed by atoms with Gasteiger partial charge in [-0.25, -0.2) is 13.1 Å². The van der Waals surface area contributed by atoms with Gasteiger partial charge in [-0.15, -0.1) is 0 Å². The Bertz CT molecular complexity index is 998. The van der Waals surface area contributed by atoms with Crippen LogP contribution in [0.3, 0.4) is 0 Å². The summed E-state index contributed by atoms with van der Waals surface area (Å²) < 4.78 is 32.9. The van der Waals surface area contributed by atoms with E-state index >= 15 is 0 Å². The highest BCUT2D eigenvalue weighted by Crippen LogP contribution is 2.27. The highest BCUT2D eigenvalue weighted by Gasteiger charge is 2.22. The Kier molecular flexibility index (Phi) is 7.56. The molecule has 0 unspecified atom stereocenters. The smallest absolute Gasteiger partial charge is 0.255 e. The highest BCUT2D eigenvalue weighted by molar-refractivity contribution is 7.89. The number of amides is 1. The molecule has 0 radical (unpaired) electrons. The minimum Gasteiger partial charge on any atom is -0.495 e. The lowest BCUT2D eigenvalue weighted by atomic mass is 10.1. The van der Waals surface area contributed by atoms with Gasteiger partial charge in [-0.2, -0.15) is 0 Å². The van der Waals surface area contributed by atoms with Crippen molar-refractivity contribution in [1.82, 2.24) is 4.72 Å². The van der Waals surface area contributed by atoms with E-state index in [9.17, 15) is 13.2 Å². The van der Waals surface area contributed by atoms with E-state index < -0.39 is 15.9 Å². The number of anilines is 2. The number of nitrogens with one attached hydrogen (secondary N) is 3. The van der Waals surface area contributed by atoms with Gasteiger partial charge < -0.3 is 15.4 Å².